The zero-order chi connectivity index (χ0) is 13.7. The molecule has 4 heteroatoms. The summed E-state index contributed by atoms with van der Waals surface area (Å²) < 4.78 is 29.0. The predicted octanol–water partition coefficient (Wildman–Crippen LogP) is 3.53. The molecule has 0 amide bonds. The highest BCUT2D eigenvalue weighted by molar-refractivity contribution is 5.58. The molecule has 100 valence electrons. The number of ether oxygens (including phenoxy) is 1. The molecular weight excluding hydrogens is 236 g/mol. The van der Waals surface area contributed by atoms with E-state index in [0.29, 0.717) is 0 Å². The molecule has 18 heavy (non-hydrogen) atoms. The number of aryl methyl sites for hydroxylation is 2. The van der Waals surface area contributed by atoms with Gasteiger partial charge in [-0.3, -0.25) is 0 Å². The summed E-state index contributed by atoms with van der Waals surface area (Å²) >= 11 is 0. The molecule has 0 bridgehead atoms. The van der Waals surface area contributed by atoms with Crippen LogP contribution in [0.4, 0.5) is 8.78 Å². The van der Waals surface area contributed by atoms with E-state index in [-0.39, 0.29) is 5.75 Å². The second-order valence-corrected chi connectivity index (χ2v) is 4.38. The number of likely N-dealkylation sites (N-methyl/N-ethyl adjacent to an activating group) is 1. The highest BCUT2D eigenvalue weighted by Gasteiger charge is 2.10. The van der Waals surface area contributed by atoms with Gasteiger partial charge < -0.3 is 10.1 Å². The van der Waals surface area contributed by atoms with Gasteiger partial charge in [0.15, 0.2) is 0 Å². The lowest BCUT2D eigenvalue weighted by Gasteiger charge is -2.12. The van der Waals surface area contributed by atoms with E-state index >= 15 is 0 Å². The molecule has 0 aliphatic rings. The van der Waals surface area contributed by atoms with Crippen LogP contribution in [-0.2, 0) is 0 Å². The molecule has 0 spiro atoms. The molecule has 0 saturated heterocycles. The van der Waals surface area contributed by atoms with Gasteiger partial charge >= 0.3 is 6.61 Å². The Morgan fingerprint density at radius 2 is 1.89 bits per heavy atom. The smallest absolute Gasteiger partial charge is 0.387 e. The Labute approximate surface area is 107 Å². The third-order valence-electron chi connectivity index (χ3n) is 2.56. The third kappa shape index (κ3) is 4.11. The summed E-state index contributed by atoms with van der Waals surface area (Å²) in [6, 6.07) is 3.70. The molecule has 0 aliphatic heterocycles. The standard InChI is InChI=1S/C14H19F2NO/c1-9(8-17-4)5-12-6-10(2)13(11(3)7-12)18-14(15)16/h5-7,14,17H,8H2,1-4H3. The topological polar surface area (TPSA) is 21.3 Å². The molecule has 1 rings (SSSR count). The van der Waals surface area contributed by atoms with E-state index < -0.39 is 6.61 Å². The second kappa shape index (κ2) is 6.50. The predicted molar refractivity (Wildman–Crippen MR) is 70.1 cm³/mol. The van der Waals surface area contributed by atoms with Crippen molar-refractivity contribution in [3.8, 4) is 5.75 Å². The first kappa shape index (κ1) is 14.6. The molecule has 0 atom stereocenters. The summed E-state index contributed by atoms with van der Waals surface area (Å²) in [6.45, 7) is 3.58. The van der Waals surface area contributed by atoms with E-state index in [1.165, 1.54) is 5.57 Å². The number of hydrogen-bond donors (Lipinski definition) is 1. The molecule has 1 N–H and O–H groups in total. The largest absolute Gasteiger partial charge is 0.434 e. The van der Waals surface area contributed by atoms with Crippen LogP contribution in [0.5, 0.6) is 5.75 Å². The van der Waals surface area contributed by atoms with E-state index in [4.69, 9.17) is 0 Å². The molecule has 0 fully saturated rings. The maximum atomic E-state index is 12.2. The summed E-state index contributed by atoms with van der Waals surface area (Å²) in [5.41, 5.74) is 3.62. The van der Waals surface area contributed by atoms with Gasteiger partial charge in [-0.05, 0) is 56.6 Å². The number of nitrogens with one attached hydrogen (secondary N) is 1. The maximum absolute atomic E-state index is 12.2. The second-order valence-electron chi connectivity index (χ2n) is 4.38. The van der Waals surface area contributed by atoms with Crippen molar-refractivity contribution in [1.82, 2.24) is 5.32 Å². The molecule has 0 heterocycles. The van der Waals surface area contributed by atoms with Crippen molar-refractivity contribution < 1.29 is 13.5 Å². The van der Waals surface area contributed by atoms with Crippen molar-refractivity contribution in [2.75, 3.05) is 13.6 Å². The summed E-state index contributed by atoms with van der Waals surface area (Å²) in [5.74, 6) is 0.272. The summed E-state index contributed by atoms with van der Waals surface area (Å²) in [4.78, 5) is 0. The van der Waals surface area contributed by atoms with Gasteiger partial charge in [0.25, 0.3) is 0 Å². The van der Waals surface area contributed by atoms with E-state index in [1.807, 2.05) is 32.2 Å². The molecule has 0 radical (unpaired) electrons. The lowest BCUT2D eigenvalue weighted by Crippen LogP contribution is -2.08. The van der Waals surface area contributed by atoms with Crippen LogP contribution in [0.2, 0.25) is 0 Å². The Hall–Kier alpha value is -1.42. The van der Waals surface area contributed by atoms with Crippen molar-refractivity contribution in [3.63, 3.8) is 0 Å². The fraction of sp³-hybridized carbons (Fsp3) is 0.429. The Balaban J connectivity index is 3.03. The van der Waals surface area contributed by atoms with E-state index in [9.17, 15) is 8.78 Å². The van der Waals surface area contributed by atoms with Gasteiger partial charge in [-0.2, -0.15) is 8.78 Å². The van der Waals surface area contributed by atoms with Gasteiger partial charge in [0.2, 0.25) is 0 Å². The Kier molecular flexibility index (Phi) is 5.28. The Bertz CT molecular complexity index is 418. The van der Waals surface area contributed by atoms with Crippen LogP contribution in [0, 0.1) is 13.8 Å². The quantitative estimate of drug-likeness (QED) is 0.869. The van der Waals surface area contributed by atoms with Crippen LogP contribution in [0.15, 0.2) is 17.7 Å². The van der Waals surface area contributed by atoms with Gasteiger partial charge in [0.05, 0.1) is 0 Å². The van der Waals surface area contributed by atoms with Crippen LogP contribution in [0.1, 0.15) is 23.6 Å². The lowest BCUT2D eigenvalue weighted by molar-refractivity contribution is -0.0507. The molecule has 0 saturated carbocycles. The molecule has 2 nitrogen and oxygen atoms in total. The maximum Gasteiger partial charge on any atom is 0.387 e. The zero-order valence-electron chi connectivity index (χ0n) is 11.2. The fourth-order valence-electron chi connectivity index (χ4n) is 1.96. The van der Waals surface area contributed by atoms with Gasteiger partial charge in [-0.1, -0.05) is 11.6 Å². The summed E-state index contributed by atoms with van der Waals surface area (Å²) in [6.07, 6.45) is 2.03. The molecule has 0 aliphatic carbocycles. The minimum Gasteiger partial charge on any atom is -0.434 e. The Morgan fingerprint density at radius 1 is 1.33 bits per heavy atom. The van der Waals surface area contributed by atoms with E-state index in [0.717, 1.165) is 23.2 Å². The average Bonchev–Trinajstić information content (AvgIpc) is 2.23. The van der Waals surface area contributed by atoms with Gasteiger partial charge in [0.1, 0.15) is 5.75 Å². The zero-order valence-corrected chi connectivity index (χ0v) is 11.2. The normalized spacial score (nSPS) is 12.1. The highest BCUT2D eigenvalue weighted by atomic mass is 19.3. The van der Waals surface area contributed by atoms with Crippen molar-refractivity contribution in [1.29, 1.82) is 0 Å². The number of benzene rings is 1. The summed E-state index contributed by atoms with van der Waals surface area (Å²) in [7, 11) is 1.88. The Morgan fingerprint density at radius 3 is 2.33 bits per heavy atom. The third-order valence-corrected chi connectivity index (χ3v) is 2.56. The average molecular weight is 255 g/mol. The van der Waals surface area contributed by atoms with Crippen molar-refractivity contribution >= 4 is 6.08 Å². The number of alkyl halides is 2. The van der Waals surface area contributed by atoms with Gasteiger partial charge in [-0.25, -0.2) is 0 Å². The molecular formula is C14H19F2NO. The SMILES string of the molecule is CNCC(C)=Cc1cc(C)c(OC(F)F)c(C)c1. The fourth-order valence-corrected chi connectivity index (χ4v) is 1.96. The van der Waals surface area contributed by atoms with Crippen LogP contribution in [-0.4, -0.2) is 20.2 Å². The van der Waals surface area contributed by atoms with Crippen LogP contribution in [0.25, 0.3) is 6.08 Å². The van der Waals surface area contributed by atoms with Crippen molar-refractivity contribution in [2.24, 2.45) is 0 Å². The van der Waals surface area contributed by atoms with Crippen LogP contribution >= 0.6 is 0 Å². The number of halogens is 2. The van der Waals surface area contributed by atoms with Crippen LogP contribution < -0.4 is 10.1 Å². The molecule has 0 aromatic heterocycles. The highest BCUT2D eigenvalue weighted by Crippen LogP contribution is 2.27. The monoisotopic (exact) mass is 255 g/mol. The minimum atomic E-state index is -2.78. The molecule has 1 aromatic rings. The number of hydrogen-bond acceptors (Lipinski definition) is 2. The molecule has 1 aromatic carbocycles. The van der Waals surface area contributed by atoms with E-state index in [1.54, 1.807) is 13.8 Å². The first-order valence-electron chi connectivity index (χ1n) is 5.82. The lowest BCUT2D eigenvalue weighted by atomic mass is 10.0. The van der Waals surface area contributed by atoms with Crippen molar-refractivity contribution in [3.05, 3.63) is 34.4 Å². The summed E-state index contributed by atoms with van der Waals surface area (Å²) in [5, 5.41) is 3.06. The van der Waals surface area contributed by atoms with Gasteiger partial charge in [-0.15, -0.1) is 0 Å². The number of rotatable bonds is 5. The molecule has 0 unspecified atom stereocenters. The van der Waals surface area contributed by atoms with E-state index in [2.05, 4.69) is 10.1 Å². The van der Waals surface area contributed by atoms with Gasteiger partial charge in [0, 0.05) is 6.54 Å². The first-order valence-corrected chi connectivity index (χ1v) is 5.82. The van der Waals surface area contributed by atoms with Crippen molar-refractivity contribution in [2.45, 2.75) is 27.4 Å². The minimum absolute atomic E-state index is 0.272. The van der Waals surface area contributed by atoms with Crippen LogP contribution in [0.3, 0.4) is 0 Å². The first-order chi connectivity index (χ1) is 8.43.